The normalized spacial score (nSPS) is 14.4. The van der Waals surface area contributed by atoms with Crippen LogP contribution in [0.2, 0.25) is 0 Å². The molecule has 3 heterocycles. The second-order valence-electron chi connectivity index (χ2n) is 9.29. The molecule has 7 rings (SSSR count). The fourth-order valence-corrected chi connectivity index (χ4v) is 5.15. The Morgan fingerprint density at radius 1 is 0.632 bits per heavy atom. The Bertz CT molecular complexity index is 1920. The first-order chi connectivity index (χ1) is 18.8. The van der Waals surface area contributed by atoms with Crippen LogP contribution in [-0.4, -0.2) is 9.55 Å². The number of allylic oxidation sites excluding steroid dienone is 1. The lowest BCUT2D eigenvalue weighted by Gasteiger charge is -2.23. The molecule has 0 aliphatic carbocycles. The molecule has 0 saturated carbocycles. The van der Waals surface area contributed by atoms with E-state index in [1.165, 1.54) is 0 Å². The van der Waals surface area contributed by atoms with Crippen molar-refractivity contribution in [1.82, 2.24) is 9.55 Å². The van der Waals surface area contributed by atoms with Crippen LogP contribution in [0, 0.1) is 0 Å². The van der Waals surface area contributed by atoms with E-state index in [-0.39, 0.29) is 0 Å². The van der Waals surface area contributed by atoms with Crippen molar-refractivity contribution in [2.45, 2.75) is 0 Å². The van der Waals surface area contributed by atoms with Gasteiger partial charge in [-0.3, -0.25) is 4.98 Å². The number of para-hydroxylation sites is 3. The Kier molecular flexibility index (Phi) is 5.22. The fourth-order valence-electron chi connectivity index (χ4n) is 5.15. The van der Waals surface area contributed by atoms with E-state index in [0.717, 1.165) is 61.1 Å². The number of hydrogen-bond donors (Lipinski definition) is 0. The predicted octanol–water partition coefficient (Wildman–Crippen LogP) is 6.87. The summed E-state index contributed by atoms with van der Waals surface area (Å²) < 4.78 is 2.27. The highest BCUT2D eigenvalue weighted by molar-refractivity contribution is 5.95. The smallest absolute Gasteiger partial charge is 0.117 e. The highest BCUT2D eigenvalue weighted by atomic mass is 15.5. The van der Waals surface area contributed by atoms with Crippen molar-refractivity contribution in [2.24, 2.45) is 5.10 Å². The summed E-state index contributed by atoms with van der Waals surface area (Å²) in [5.41, 5.74) is 7.99. The largest absolute Gasteiger partial charge is 0.308 e. The van der Waals surface area contributed by atoms with Crippen LogP contribution < -0.4 is 15.7 Å². The molecule has 4 aromatic carbocycles. The number of pyridine rings is 1. The molecule has 0 atom stereocenters. The van der Waals surface area contributed by atoms with E-state index in [4.69, 9.17) is 10.1 Å². The molecule has 0 fully saturated rings. The summed E-state index contributed by atoms with van der Waals surface area (Å²) in [6, 6.07) is 41.5. The Balaban J connectivity index is 1.52. The van der Waals surface area contributed by atoms with Crippen LogP contribution in [0.15, 0.2) is 139 Å². The number of benzene rings is 4. The number of aromatic nitrogens is 2. The van der Waals surface area contributed by atoms with Crippen LogP contribution >= 0.6 is 0 Å². The van der Waals surface area contributed by atoms with Crippen molar-refractivity contribution in [1.29, 1.82) is 0 Å². The lowest BCUT2D eigenvalue weighted by Crippen LogP contribution is -2.33. The Labute approximate surface area is 220 Å². The second-order valence-corrected chi connectivity index (χ2v) is 9.29. The molecular formula is C34H24N4. The van der Waals surface area contributed by atoms with Gasteiger partial charge in [0.25, 0.3) is 0 Å². The van der Waals surface area contributed by atoms with Crippen LogP contribution in [0.1, 0.15) is 5.56 Å². The van der Waals surface area contributed by atoms with Gasteiger partial charge in [-0.15, -0.1) is 0 Å². The maximum atomic E-state index is 5.32. The van der Waals surface area contributed by atoms with Crippen molar-refractivity contribution < 1.29 is 0 Å². The first kappa shape index (κ1) is 22.0. The highest BCUT2D eigenvalue weighted by Gasteiger charge is 2.20. The maximum absolute atomic E-state index is 5.32. The third-order valence-electron chi connectivity index (χ3n) is 6.95. The monoisotopic (exact) mass is 488 g/mol. The molecule has 38 heavy (non-hydrogen) atoms. The first-order valence-electron chi connectivity index (χ1n) is 12.6. The molecule has 1 aliphatic rings. The highest BCUT2D eigenvalue weighted by Crippen LogP contribution is 2.34. The molecule has 6 aromatic rings. The van der Waals surface area contributed by atoms with Gasteiger partial charge in [-0.2, -0.15) is 5.10 Å². The maximum Gasteiger partial charge on any atom is 0.117 e. The van der Waals surface area contributed by atoms with Crippen LogP contribution in [0.3, 0.4) is 0 Å². The topological polar surface area (TPSA) is 33.4 Å². The van der Waals surface area contributed by atoms with Crippen LogP contribution in [-0.2, 0) is 0 Å². The lowest BCUT2D eigenvalue weighted by atomic mass is 10.0. The van der Waals surface area contributed by atoms with E-state index in [0.29, 0.717) is 0 Å². The summed E-state index contributed by atoms with van der Waals surface area (Å²) in [6.07, 6.45) is 4.05. The quantitative estimate of drug-likeness (QED) is 0.272. The van der Waals surface area contributed by atoms with E-state index >= 15 is 0 Å². The van der Waals surface area contributed by atoms with Crippen molar-refractivity contribution in [3.63, 3.8) is 0 Å². The lowest BCUT2D eigenvalue weighted by molar-refractivity contribution is 0.984. The van der Waals surface area contributed by atoms with Gasteiger partial charge in [0.1, 0.15) is 5.36 Å². The molecule has 1 aliphatic heterocycles. The minimum atomic E-state index is 0.884. The van der Waals surface area contributed by atoms with E-state index < -0.39 is 0 Å². The van der Waals surface area contributed by atoms with Gasteiger partial charge < -0.3 is 4.57 Å². The van der Waals surface area contributed by atoms with Crippen LogP contribution in [0.4, 0.5) is 11.4 Å². The zero-order valence-electron chi connectivity index (χ0n) is 20.7. The zero-order valence-corrected chi connectivity index (χ0v) is 20.7. The second kappa shape index (κ2) is 9.02. The van der Waals surface area contributed by atoms with Gasteiger partial charge in [-0.25, -0.2) is 5.01 Å². The van der Waals surface area contributed by atoms with Gasteiger partial charge in [0.2, 0.25) is 0 Å². The fraction of sp³-hybridized carbons (Fsp3) is 0. The molecule has 0 amide bonds. The third-order valence-corrected chi connectivity index (χ3v) is 6.95. The molecule has 0 N–H and O–H groups in total. The average molecular weight is 489 g/mol. The van der Waals surface area contributed by atoms with Gasteiger partial charge in [0.15, 0.2) is 0 Å². The van der Waals surface area contributed by atoms with E-state index in [2.05, 4.69) is 102 Å². The van der Waals surface area contributed by atoms with Gasteiger partial charge in [0.05, 0.1) is 34.1 Å². The van der Waals surface area contributed by atoms with Crippen molar-refractivity contribution in [2.75, 3.05) is 5.01 Å². The van der Waals surface area contributed by atoms with Crippen LogP contribution in [0.25, 0.3) is 39.5 Å². The third kappa shape index (κ3) is 3.62. The predicted molar refractivity (Wildman–Crippen MR) is 156 cm³/mol. The van der Waals surface area contributed by atoms with E-state index in [9.17, 15) is 0 Å². The zero-order chi connectivity index (χ0) is 25.5. The Morgan fingerprint density at radius 3 is 2.13 bits per heavy atom. The number of fused-ring (bicyclic) bond motifs is 4. The molecule has 0 unspecified atom stereocenters. The van der Waals surface area contributed by atoms with Gasteiger partial charge in [-0.1, -0.05) is 91.5 Å². The summed E-state index contributed by atoms with van der Waals surface area (Å²) >= 11 is 0. The molecule has 4 nitrogen and oxygen atoms in total. The molecule has 0 saturated heterocycles. The Hall–Kier alpha value is -5.22. The van der Waals surface area contributed by atoms with Gasteiger partial charge in [-0.05, 0) is 48.0 Å². The molecule has 0 radical (unpaired) electrons. The van der Waals surface area contributed by atoms with Crippen molar-refractivity contribution in [3.8, 4) is 16.9 Å². The minimum absolute atomic E-state index is 0.884. The molecule has 0 spiro atoms. The summed E-state index contributed by atoms with van der Waals surface area (Å²) in [6.45, 7) is 4.49. The van der Waals surface area contributed by atoms with Crippen LogP contribution in [0.5, 0.6) is 0 Å². The van der Waals surface area contributed by atoms with E-state index in [1.54, 1.807) is 0 Å². The molecule has 2 aromatic heterocycles. The van der Waals surface area contributed by atoms with E-state index in [1.807, 2.05) is 47.6 Å². The number of rotatable bonds is 3. The summed E-state index contributed by atoms with van der Waals surface area (Å²) in [4.78, 5) is 4.80. The molecule has 180 valence electrons. The molecule has 0 bridgehead atoms. The summed E-state index contributed by atoms with van der Waals surface area (Å²) in [5, 5.41) is 10.3. The Morgan fingerprint density at radius 2 is 1.34 bits per heavy atom. The average Bonchev–Trinajstić information content (AvgIpc) is 3.28. The number of nitrogens with zero attached hydrogens (tertiary/aromatic N) is 4. The van der Waals surface area contributed by atoms with Crippen molar-refractivity contribution in [3.05, 3.63) is 150 Å². The minimum Gasteiger partial charge on any atom is -0.308 e. The van der Waals surface area contributed by atoms with Gasteiger partial charge >= 0.3 is 0 Å². The molecular weight excluding hydrogens is 464 g/mol. The van der Waals surface area contributed by atoms with Crippen molar-refractivity contribution >= 4 is 33.9 Å². The standard InChI is InChI=1S/C34H24N4/c1-24-22-33-34(29-17-9-10-18-31(29)37(33)26-14-6-3-7-15-26)36-38(32-19-11-8-16-28(24)32)27-20-21-30(35-23-27)25-12-4-2-5-13-25/h2-23H,1H2/b33-22+,36-34-. The first-order valence-corrected chi connectivity index (χ1v) is 12.6. The summed E-state index contributed by atoms with van der Waals surface area (Å²) in [7, 11) is 0. The number of anilines is 2. The van der Waals surface area contributed by atoms with Gasteiger partial charge in [0, 0.05) is 22.2 Å². The molecule has 4 heteroatoms. The summed E-state index contributed by atoms with van der Waals surface area (Å²) in [5.74, 6) is 0. The number of hydrogen-bond acceptors (Lipinski definition) is 3. The SMILES string of the molecule is C=C1/C=c2\c(c3ccccc3n2-c2ccccc2)=N/N(c2ccc(-c3ccccc3)nc2)c2ccccc21.